The minimum Gasteiger partial charge on any atom is -0.340 e. The average Bonchev–Trinajstić information content (AvgIpc) is 2.70. The molecule has 24 heavy (non-hydrogen) atoms. The van der Waals surface area contributed by atoms with E-state index in [1.807, 2.05) is 22.9 Å². The van der Waals surface area contributed by atoms with Crippen LogP contribution in [0.2, 0.25) is 5.02 Å². The summed E-state index contributed by atoms with van der Waals surface area (Å²) in [5, 5.41) is 1.19. The molecular formula is C14H13ClFIN4OS2. The van der Waals surface area contributed by atoms with Gasteiger partial charge < -0.3 is 9.80 Å². The molecule has 1 atom stereocenters. The van der Waals surface area contributed by atoms with Crippen molar-refractivity contribution in [2.75, 3.05) is 31.6 Å². The first-order chi connectivity index (χ1) is 11.4. The number of rotatable bonds is 0. The number of nitrogens with zero attached hydrogens (tertiary/aromatic N) is 4. The second kappa shape index (κ2) is 6.19. The van der Waals surface area contributed by atoms with Crippen molar-refractivity contribution in [1.82, 2.24) is 12.7 Å². The summed E-state index contributed by atoms with van der Waals surface area (Å²) in [5.41, 5.74) is 0.181. The van der Waals surface area contributed by atoms with Gasteiger partial charge in [0.2, 0.25) is 0 Å². The molecule has 10 heteroatoms. The van der Waals surface area contributed by atoms with Crippen LogP contribution in [-0.4, -0.2) is 44.7 Å². The minimum atomic E-state index is -0.459. The van der Waals surface area contributed by atoms with E-state index >= 15 is 0 Å². The van der Waals surface area contributed by atoms with Crippen molar-refractivity contribution in [3.8, 4) is 0 Å². The van der Waals surface area contributed by atoms with E-state index in [0.717, 1.165) is 24.5 Å². The molecule has 1 fully saturated rings. The molecule has 0 aliphatic carbocycles. The number of fused-ring (bicyclic) bond motifs is 2. The number of benzene rings is 1. The summed E-state index contributed by atoms with van der Waals surface area (Å²) in [7, 11) is 5.30. The van der Waals surface area contributed by atoms with Crippen molar-refractivity contribution >= 4 is 72.8 Å². The van der Waals surface area contributed by atoms with Crippen molar-refractivity contribution in [3.05, 3.63) is 26.9 Å². The number of aromatic nitrogens is 2. The standard InChI is InChI=1S/C14H13ClFIN4OS2/c1-6-9(15)12-8-11(10(6)16)21(17)14(22)18-13(8)20-4-3-19(2)5-7(20)23-24-12/h7H,3-5H2,1-2H3. The molecule has 4 rings (SSSR count). The number of anilines is 1. The maximum atomic E-state index is 14.9. The third-order valence-electron chi connectivity index (χ3n) is 4.37. The van der Waals surface area contributed by atoms with Crippen LogP contribution in [0.5, 0.6) is 0 Å². The van der Waals surface area contributed by atoms with Crippen LogP contribution in [0.4, 0.5) is 10.2 Å². The maximum Gasteiger partial charge on any atom is 0.359 e. The third-order valence-corrected chi connectivity index (χ3v) is 8.60. The predicted octanol–water partition coefficient (Wildman–Crippen LogP) is 3.53. The monoisotopic (exact) mass is 498 g/mol. The molecule has 2 aliphatic heterocycles. The molecule has 1 aromatic heterocycles. The number of likely N-dealkylation sites (N-methyl/N-ethyl adjacent to an activating group) is 1. The molecule has 0 saturated carbocycles. The van der Waals surface area contributed by atoms with Gasteiger partial charge in [-0.15, -0.1) is 0 Å². The number of halogens is 3. The fourth-order valence-corrected chi connectivity index (χ4v) is 6.98. The van der Waals surface area contributed by atoms with Crippen LogP contribution >= 0.6 is 56.1 Å². The van der Waals surface area contributed by atoms with Gasteiger partial charge in [0, 0.05) is 25.2 Å². The Morgan fingerprint density at radius 2 is 2.17 bits per heavy atom. The zero-order chi connectivity index (χ0) is 17.2. The lowest BCUT2D eigenvalue weighted by atomic mass is 10.1. The molecule has 2 aliphatic rings. The summed E-state index contributed by atoms with van der Waals surface area (Å²) in [6, 6.07) is 0. The summed E-state index contributed by atoms with van der Waals surface area (Å²) in [6.45, 7) is 4.11. The van der Waals surface area contributed by atoms with Gasteiger partial charge in [0.25, 0.3) is 0 Å². The van der Waals surface area contributed by atoms with Crippen LogP contribution in [-0.2, 0) is 0 Å². The molecule has 3 heterocycles. The maximum absolute atomic E-state index is 14.9. The molecule has 5 nitrogen and oxygen atoms in total. The largest absolute Gasteiger partial charge is 0.359 e. The average molecular weight is 499 g/mol. The molecule has 0 bridgehead atoms. The molecule has 0 amide bonds. The van der Waals surface area contributed by atoms with Gasteiger partial charge in [-0.3, -0.25) is 0 Å². The van der Waals surface area contributed by atoms with Crippen molar-refractivity contribution in [2.45, 2.75) is 17.2 Å². The Hall–Kier alpha value is -0.230. The number of piperazine rings is 1. The first kappa shape index (κ1) is 17.2. The summed E-state index contributed by atoms with van der Waals surface area (Å²) in [5.74, 6) is 0.0985. The minimum absolute atomic E-state index is 0.140. The Labute approximate surface area is 164 Å². The van der Waals surface area contributed by atoms with E-state index in [2.05, 4.69) is 21.8 Å². The molecule has 1 unspecified atom stereocenters. The lowest BCUT2D eigenvalue weighted by Gasteiger charge is -2.39. The number of hydrogen-bond acceptors (Lipinski definition) is 6. The van der Waals surface area contributed by atoms with Gasteiger partial charge in [-0.05, 0) is 14.0 Å². The Morgan fingerprint density at radius 1 is 1.42 bits per heavy atom. The van der Waals surface area contributed by atoms with Crippen molar-refractivity contribution in [3.63, 3.8) is 0 Å². The zero-order valence-corrected chi connectivity index (χ0v) is 17.4. The first-order valence-electron chi connectivity index (χ1n) is 7.29. The summed E-state index contributed by atoms with van der Waals surface area (Å²) >= 11 is 8.26. The Morgan fingerprint density at radius 3 is 2.92 bits per heavy atom. The van der Waals surface area contributed by atoms with Gasteiger partial charge in [0.1, 0.15) is 11.3 Å². The fourth-order valence-electron chi connectivity index (χ4n) is 3.04. The molecule has 1 saturated heterocycles. The highest BCUT2D eigenvalue weighted by Gasteiger charge is 2.35. The van der Waals surface area contributed by atoms with Gasteiger partial charge in [0.15, 0.2) is 5.82 Å². The quantitative estimate of drug-likeness (QED) is 0.409. The number of hydrogen-bond donors (Lipinski definition) is 0. The molecule has 1 aromatic carbocycles. The highest BCUT2D eigenvalue weighted by Crippen LogP contribution is 2.51. The molecule has 2 aromatic rings. The Balaban J connectivity index is 2.11. The van der Waals surface area contributed by atoms with E-state index in [9.17, 15) is 9.18 Å². The van der Waals surface area contributed by atoms with Gasteiger partial charge in [-0.2, -0.15) is 4.98 Å². The molecule has 128 valence electrons. The van der Waals surface area contributed by atoms with Gasteiger partial charge in [-0.25, -0.2) is 12.0 Å². The lowest BCUT2D eigenvalue weighted by molar-refractivity contribution is 0.301. The summed E-state index contributed by atoms with van der Waals surface area (Å²) in [4.78, 5) is 21.8. The lowest BCUT2D eigenvalue weighted by Crippen LogP contribution is -2.50. The highest BCUT2D eigenvalue weighted by molar-refractivity contribution is 14.1. The molecular weight excluding hydrogens is 486 g/mol. The van der Waals surface area contributed by atoms with E-state index in [4.69, 9.17) is 11.6 Å². The second-order valence-corrected chi connectivity index (χ2v) is 9.63. The van der Waals surface area contributed by atoms with Crippen molar-refractivity contribution in [1.29, 1.82) is 0 Å². The smallest absolute Gasteiger partial charge is 0.340 e. The van der Waals surface area contributed by atoms with Crippen LogP contribution in [0.15, 0.2) is 9.69 Å². The van der Waals surface area contributed by atoms with Gasteiger partial charge >= 0.3 is 5.69 Å². The van der Waals surface area contributed by atoms with Crippen LogP contribution in [0, 0.1) is 12.7 Å². The van der Waals surface area contributed by atoms with Crippen LogP contribution < -0.4 is 10.6 Å². The normalized spacial score (nSPS) is 21.0. The topological polar surface area (TPSA) is 41.4 Å². The summed E-state index contributed by atoms with van der Waals surface area (Å²) in [6.07, 6.45) is 0. The molecule has 0 N–H and O–H groups in total. The van der Waals surface area contributed by atoms with Crippen LogP contribution in [0.1, 0.15) is 5.56 Å². The van der Waals surface area contributed by atoms with Crippen LogP contribution in [0.25, 0.3) is 10.9 Å². The fraction of sp³-hybridized carbons (Fsp3) is 0.429. The predicted molar refractivity (Wildman–Crippen MR) is 107 cm³/mol. The Kier molecular flexibility index (Phi) is 4.43. The second-order valence-electron chi connectivity index (χ2n) is 5.89. The summed E-state index contributed by atoms with van der Waals surface area (Å²) < 4.78 is 16.2. The van der Waals surface area contributed by atoms with E-state index in [1.165, 1.54) is 2.78 Å². The van der Waals surface area contributed by atoms with Crippen LogP contribution in [0.3, 0.4) is 0 Å². The van der Waals surface area contributed by atoms with Crippen molar-refractivity contribution < 1.29 is 4.39 Å². The van der Waals surface area contributed by atoms with Crippen molar-refractivity contribution in [2.24, 2.45) is 0 Å². The van der Waals surface area contributed by atoms with Gasteiger partial charge in [-0.1, -0.05) is 33.2 Å². The molecule has 0 spiro atoms. The van der Waals surface area contributed by atoms with E-state index < -0.39 is 11.5 Å². The first-order valence-corrected chi connectivity index (χ1v) is 10.8. The Bertz CT molecular complexity index is 924. The van der Waals surface area contributed by atoms with E-state index in [0.29, 0.717) is 21.8 Å². The third kappa shape index (κ3) is 2.46. The zero-order valence-electron chi connectivity index (χ0n) is 12.8. The SMILES string of the molecule is Cc1c(Cl)c2c3c(nc(=O)n(I)c3c1F)N1CCN(C)CC1SS2. The highest BCUT2D eigenvalue weighted by atomic mass is 127. The van der Waals surface area contributed by atoms with E-state index in [1.54, 1.807) is 28.5 Å². The van der Waals surface area contributed by atoms with E-state index in [-0.39, 0.29) is 10.9 Å². The molecule has 0 radical (unpaired) electrons. The van der Waals surface area contributed by atoms with Gasteiger partial charge in [0.05, 0.1) is 43.5 Å².